The number of aromatic nitrogens is 2. The molecule has 1 heterocycles. The van der Waals surface area contributed by atoms with Crippen LogP contribution in [-0.2, 0) is 9.53 Å². The van der Waals surface area contributed by atoms with Gasteiger partial charge in [-0.2, -0.15) is 4.98 Å². The third-order valence-electron chi connectivity index (χ3n) is 3.56. The zero-order valence-corrected chi connectivity index (χ0v) is 12.2. The van der Waals surface area contributed by atoms with Crippen LogP contribution in [0.25, 0.3) is 0 Å². The van der Waals surface area contributed by atoms with Crippen molar-refractivity contribution in [2.24, 2.45) is 5.92 Å². The number of carbonyl (C=O) groups is 1. The van der Waals surface area contributed by atoms with E-state index in [0.717, 1.165) is 5.56 Å². The van der Waals surface area contributed by atoms with Crippen LogP contribution in [0.3, 0.4) is 0 Å². The van der Waals surface area contributed by atoms with E-state index in [9.17, 15) is 4.79 Å². The maximum atomic E-state index is 11.0. The first-order chi connectivity index (χ1) is 10.0. The van der Waals surface area contributed by atoms with Gasteiger partial charge in [0.1, 0.15) is 6.10 Å². The van der Waals surface area contributed by atoms with Gasteiger partial charge in [-0.1, -0.05) is 49.3 Å². The van der Waals surface area contributed by atoms with Crippen LogP contribution in [0.2, 0.25) is 0 Å². The van der Waals surface area contributed by atoms with Crippen molar-refractivity contribution >= 4 is 5.97 Å². The summed E-state index contributed by atoms with van der Waals surface area (Å²) >= 11 is 0. The van der Waals surface area contributed by atoms with E-state index in [1.54, 1.807) is 21.0 Å². The predicted molar refractivity (Wildman–Crippen MR) is 74.8 cm³/mol. The van der Waals surface area contributed by atoms with E-state index in [-0.39, 0.29) is 5.92 Å². The molecule has 1 aromatic heterocycles. The topological polar surface area (TPSA) is 85.5 Å². The van der Waals surface area contributed by atoms with Crippen molar-refractivity contribution in [3.05, 3.63) is 47.6 Å². The molecule has 0 amide bonds. The molecule has 3 unspecified atom stereocenters. The fraction of sp³-hybridized carbons (Fsp3) is 0.400. The molecule has 0 saturated carbocycles. The first kappa shape index (κ1) is 15.2. The summed E-state index contributed by atoms with van der Waals surface area (Å²) in [5.74, 6) is -1.16. The van der Waals surface area contributed by atoms with Gasteiger partial charge in [-0.05, 0) is 5.56 Å². The highest BCUT2D eigenvalue weighted by molar-refractivity contribution is 5.70. The minimum absolute atomic E-state index is 0.304. The highest BCUT2D eigenvalue weighted by Gasteiger charge is 2.28. The van der Waals surface area contributed by atoms with E-state index >= 15 is 0 Å². The van der Waals surface area contributed by atoms with Crippen LogP contribution in [0.15, 0.2) is 34.9 Å². The molecule has 0 aliphatic carbocycles. The lowest BCUT2D eigenvalue weighted by Gasteiger charge is -2.12. The fourth-order valence-electron chi connectivity index (χ4n) is 1.98. The molecule has 0 aliphatic heterocycles. The average Bonchev–Trinajstić information content (AvgIpc) is 2.97. The molecule has 2 rings (SSSR count). The van der Waals surface area contributed by atoms with Crippen LogP contribution in [0.1, 0.15) is 43.1 Å². The molecule has 0 saturated heterocycles. The number of rotatable bonds is 6. The second-order valence-corrected chi connectivity index (χ2v) is 4.93. The second kappa shape index (κ2) is 6.49. The average molecular weight is 290 g/mol. The Morgan fingerprint density at radius 1 is 1.29 bits per heavy atom. The van der Waals surface area contributed by atoms with Crippen molar-refractivity contribution in [3.8, 4) is 0 Å². The van der Waals surface area contributed by atoms with Crippen molar-refractivity contribution in [1.29, 1.82) is 0 Å². The lowest BCUT2D eigenvalue weighted by Crippen LogP contribution is -2.17. The summed E-state index contributed by atoms with van der Waals surface area (Å²) < 4.78 is 10.6. The summed E-state index contributed by atoms with van der Waals surface area (Å²) in [4.78, 5) is 15.3. The zero-order chi connectivity index (χ0) is 15.4. The Bertz CT molecular complexity index is 597. The Kier molecular flexibility index (Phi) is 4.70. The highest BCUT2D eigenvalue weighted by atomic mass is 16.5. The summed E-state index contributed by atoms with van der Waals surface area (Å²) in [7, 11) is 1.57. The van der Waals surface area contributed by atoms with Crippen molar-refractivity contribution < 1.29 is 19.2 Å². The quantitative estimate of drug-likeness (QED) is 0.880. The summed E-state index contributed by atoms with van der Waals surface area (Å²) in [5.41, 5.74) is 0.909. The minimum atomic E-state index is -0.895. The van der Waals surface area contributed by atoms with E-state index < -0.39 is 18.0 Å². The molecule has 3 atom stereocenters. The molecule has 1 aromatic carbocycles. The Labute approximate surface area is 122 Å². The molecular formula is C15H18N2O4. The number of aliphatic carboxylic acids is 1. The molecule has 6 nitrogen and oxygen atoms in total. The van der Waals surface area contributed by atoms with Crippen LogP contribution < -0.4 is 0 Å². The molecule has 112 valence electrons. The largest absolute Gasteiger partial charge is 0.481 e. The van der Waals surface area contributed by atoms with E-state index in [2.05, 4.69) is 10.1 Å². The number of methoxy groups -OCH3 is 1. The summed E-state index contributed by atoms with van der Waals surface area (Å²) in [6.45, 7) is 3.36. The maximum absolute atomic E-state index is 11.0. The number of carboxylic acids is 1. The van der Waals surface area contributed by atoms with E-state index in [4.69, 9.17) is 14.4 Å². The normalized spacial score (nSPS) is 15.4. The van der Waals surface area contributed by atoms with Crippen molar-refractivity contribution in [2.45, 2.75) is 25.9 Å². The molecule has 0 aliphatic rings. The minimum Gasteiger partial charge on any atom is -0.481 e. The summed E-state index contributed by atoms with van der Waals surface area (Å²) in [6, 6.07) is 9.53. The van der Waals surface area contributed by atoms with Gasteiger partial charge in [-0.25, -0.2) is 0 Å². The van der Waals surface area contributed by atoms with Crippen LogP contribution >= 0.6 is 0 Å². The van der Waals surface area contributed by atoms with Gasteiger partial charge in [-0.15, -0.1) is 0 Å². The van der Waals surface area contributed by atoms with Crippen LogP contribution in [0, 0.1) is 5.92 Å². The highest BCUT2D eigenvalue weighted by Crippen LogP contribution is 2.27. The van der Waals surface area contributed by atoms with Crippen molar-refractivity contribution in [3.63, 3.8) is 0 Å². The standard InChI is InChI=1S/C15H18N2O4/c1-9(10(2)15(18)19)14-16-13(17-21-14)12(20-3)11-7-5-4-6-8-11/h4-10,12H,1-3H3,(H,18,19). The molecule has 6 heteroatoms. The van der Waals surface area contributed by atoms with E-state index in [0.29, 0.717) is 11.7 Å². The van der Waals surface area contributed by atoms with Gasteiger partial charge in [0.25, 0.3) is 0 Å². The summed E-state index contributed by atoms with van der Waals surface area (Å²) in [5, 5.41) is 13.0. The Balaban J connectivity index is 2.24. The number of benzene rings is 1. The monoisotopic (exact) mass is 290 g/mol. The van der Waals surface area contributed by atoms with Crippen LogP contribution in [0.4, 0.5) is 0 Å². The Hall–Kier alpha value is -2.21. The molecule has 0 fully saturated rings. The van der Waals surface area contributed by atoms with Gasteiger partial charge in [0.15, 0.2) is 0 Å². The maximum Gasteiger partial charge on any atom is 0.307 e. The lowest BCUT2D eigenvalue weighted by atomic mass is 9.96. The third-order valence-corrected chi connectivity index (χ3v) is 3.56. The first-order valence-corrected chi connectivity index (χ1v) is 6.68. The molecular weight excluding hydrogens is 272 g/mol. The van der Waals surface area contributed by atoms with Crippen LogP contribution in [0.5, 0.6) is 0 Å². The molecule has 1 N–H and O–H groups in total. The first-order valence-electron chi connectivity index (χ1n) is 6.68. The molecule has 2 aromatic rings. The number of hydrogen-bond donors (Lipinski definition) is 1. The Morgan fingerprint density at radius 2 is 1.95 bits per heavy atom. The van der Waals surface area contributed by atoms with E-state index in [1.807, 2.05) is 30.3 Å². The molecule has 0 bridgehead atoms. The van der Waals surface area contributed by atoms with E-state index in [1.165, 1.54) is 0 Å². The lowest BCUT2D eigenvalue weighted by molar-refractivity contribution is -0.141. The van der Waals surface area contributed by atoms with Crippen LogP contribution in [-0.4, -0.2) is 28.3 Å². The summed E-state index contributed by atoms with van der Waals surface area (Å²) in [6.07, 6.45) is -0.434. The number of carboxylic acid groups (broad SMARTS) is 1. The smallest absolute Gasteiger partial charge is 0.307 e. The third kappa shape index (κ3) is 3.28. The van der Waals surface area contributed by atoms with Gasteiger partial charge in [0.05, 0.1) is 5.92 Å². The predicted octanol–water partition coefficient (Wildman–Crippen LogP) is 2.63. The van der Waals surface area contributed by atoms with Crippen molar-refractivity contribution in [2.75, 3.05) is 7.11 Å². The molecule has 0 radical (unpaired) electrons. The zero-order valence-electron chi connectivity index (χ0n) is 12.2. The molecule has 0 spiro atoms. The van der Waals surface area contributed by atoms with Gasteiger partial charge in [0.2, 0.25) is 11.7 Å². The molecule has 21 heavy (non-hydrogen) atoms. The van der Waals surface area contributed by atoms with Gasteiger partial charge >= 0.3 is 5.97 Å². The number of hydrogen-bond acceptors (Lipinski definition) is 5. The SMILES string of the molecule is COC(c1ccccc1)c1noc(C(C)C(C)C(=O)O)n1. The number of nitrogens with zero attached hydrogens (tertiary/aromatic N) is 2. The van der Waals surface area contributed by atoms with Gasteiger partial charge in [0, 0.05) is 13.0 Å². The second-order valence-electron chi connectivity index (χ2n) is 4.93. The van der Waals surface area contributed by atoms with Gasteiger partial charge < -0.3 is 14.4 Å². The van der Waals surface area contributed by atoms with Crippen molar-refractivity contribution in [1.82, 2.24) is 10.1 Å². The fourth-order valence-corrected chi connectivity index (χ4v) is 1.98. The van der Waals surface area contributed by atoms with Gasteiger partial charge in [-0.3, -0.25) is 4.79 Å². The number of ether oxygens (including phenoxy) is 1. The Morgan fingerprint density at radius 3 is 2.52 bits per heavy atom.